The van der Waals surface area contributed by atoms with Gasteiger partial charge in [-0.3, -0.25) is 9.69 Å². The molecule has 114 valence electrons. The second kappa shape index (κ2) is 6.77. The summed E-state index contributed by atoms with van der Waals surface area (Å²) in [5, 5.41) is 3.69. The molecule has 2 atom stereocenters. The second-order valence-electron chi connectivity index (χ2n) is 5.78. The van der Waals surface area contributed by atoms with Gasteiger partial charge in [-0.2, -0.15) is 0 Å². The molecule has 1 aromatic carbocycles. The number of halogens is 1. The predicted molar refractivity (Wildman–Crippen MR) is 82.3 cm³/mol. The van der Waals surface area contributed by atoms with Crippen molar-refractivity contribution in [3.05, 3.63) is 34.9 Å². The molecule has 2 aliphatic rings. The number of carbonyl (C=O) groups excluding carboxylic acids is 1. The van der Waals surface area contributed by atoms with Crippen LogP contribution in [0.1, 0.15) is 24.8 Å². The van der Waals surface area contributed by atoms with Gasteiger partial charge in [0.1, 0.15) is 0 Å². The number of ether oxygens (including phenoxy) is 1. The number of morpholine rings is 1. The van der Waals surface area contributed by atoms with Crippen LogP contribution in [0.25, 0.3) is 0 Å². The van der Waals surface area contributed by atoms with E-state index in [9.17, 15) is 4.79 Å². The van der Waals surface area contributed by atoms with E-state index in [2.05, 4.69) is 10.2 Å². The zero-order valence-corrected chi connectivity index (χ0v) is 12.8. The smallest absolute Gasteiger partial charge is 0.234 e. The van der Waals surface area contributed by atoms with Gasteiger partial charge in [0.15, 0.2) is 0 Å². The van der Waals surface area contributed by atoms with Gasteiger partial charge in [-0.1, -0.05) is 23.7 Å². The van der Waals surface area contributed by atoms with Crippen LogP contribution in [0.3, 0.4) is 0 Å². The lowest BCUT2D eigenvalue weighted by molar-refractivity contribution is -0.126. The molecular formula is C16H21ClN2O2. The minimum atomic E-state index is 0.0810. The highest BCUT2D eigenvalue weighted by molar-refractivity contribution is 6.30. The third-order valence-electron chi connectivity index (χ3n) is 4.35. The molecule has 0 bridgehead atoms. The van der Waals surface area contributed by atoms with Crippen molar-refractivity contribution in [2.75, 3.05) is 19.7 Å². The number of hydrogen-bond acceptors (Lipinski definition) is 3. The largest absolute Gasteiger partial charge is 0.375 e. The van der Waals surface area contributed by atoms with Gasteiger partial charge in [0.2, 0.25) is 5.91 Å². The van der Waals surface area contributed by atoms with Crippen LogP contribution in [0, 0.1) is 0 Å². The number of benzene rings is 1. The fourth-order valence-corrected chi connectivity index (χ4v) is 3.37. The van der Waals surface area contributed by atoms with Crippen LogP contribution >= 0.6 is 11.6 Å². The molecule has 1 aliphatic carbocycles. The van der Waals surface area contributed by atoms with E-state index in [1.807, 2.05) is 24.3 Å². The van der Waals surface area contributed by atoms with Crippen molar-refractivity contribution in [1.82, 2.24) is 10.2 Å². The number of carbonyl (C=O) groups is 1. The molecule has 1 heterocycles. The summed E-state index contributed by atoms with van der Waals surface area (Å²) in [7, 11) is 0. The first-order valence-corrected chi connectivity index (χ1v) is 7.97. The molecule has 5 heteroatoms. The summed E-state index contributed by atoms with van der Waals surface area (Å²) in [6.45, 7) is 2.62. The van der Waals surface area contributed by atoms with Crippen molar-refractivity contribution in [3.8, 4) is 0 Å². The van der Waals surface area contributed by atoms with Crippen LogP contribution in [0.4, 0.5) is 0 Å². The minimum absolute atomic E-state index is 0.0810. The SMILES string of the molecule is O=C(CN1CCO[C@H]2CCC[C@H]21)NCc1ccc(Cl)cc1. The van der Waals surface area contributed by atoms with E-state index in [4.69, 9.17) is 16.3 Å². The van der Waals surface area contributed by atoms with Crippen molar-refractivity contribution in [2.45, 2.75) is 38.0 Å². The lowest BCUT2D eigenvalue weighted by atomic mass is 10.1. The van der Waals surface area contributed by atoms with Crippen molar-refractivity contribution in [1.29, 1.82) is 0 Å². The predicted octanol–water partition coefficient (Wildman–Crippen LogP) is 2.21. The Morgan fingerprint density at radius 1 is 1.33 bits per heavy atom. The van der Waals surface area contributed by atoms with Gasteiger partial charge in [-0.25, -0.2) is 0 Å². The Kier molecular flexibility index (Phi) is 4.78. The molecule has 2 fully saturated rings. The van der Waals surface area contributed by atoms with E-state index < -0.39 is 0 Å². The number of nitrogens with one attached hydrogen (secondary N) is 1. The molecule has 4 nitrogen and oxygen atoms in total. The molecule has 1 saturated carbocycles. The molecule has 1 saturated heterocycles. The summed E-state index contributed by atoms with van der Waals surface area (Å²) in [5.74, 6) is 0.0810. The van der Waals surface area contributed by atoms with E-state index in [-0.39, 0.29) is 5.91 Å². The van der Waals surface area contributed by atoms with E-state index in [1.54, 1.807) is 0 Å². The van der Waals surface area contributed by atoms with E-state index in [0.29, 0.717) is 30.3 Å². The number of fused-ring (bicyclic) bond motifs is 1. The molecular weight excluding hydrogens is 288 g/mol. The first-order chi connectivity index (χ1) is 10.2. The first-order valence-electron chi connectivity index (χ1n) is 7.59. The van der Waals surface area contributed by atoms with Gasteiger partial charge < -0.3 is 10.1 Å². The van der Waals surface area contributed by atoms with E-state index in [1.165, 1.54) is 6.42 Å². The van der Waals surface area contributed by atoms with Crippen LogP contribution < -0.4 is 5.32 Å². The summed E-state index contributed by atoms with van der Waals surface area (Å²) >= 11 is 5.85. The third-order valence-corrected chi connectivity index (χ3v) is 4.60. The van der Waals surface area contributed by atoms with Crippen LogP contribution in [0.5, 0.6) is 0 Å². The molecule has 0 aromatic heterocycles. The third kappa shape index (κ3) is 3.76. The molecule has 3 rings (SSSR count). The normalized spacial score (nSPS) is 25.6. The fourth-order valence-electron chi connectivity index (χ4n) is 3.25. The quantitative estimate of drug-likeness (QED) is 0.927. The van der Waals surface area contributed by atoms with E-state index >= 15 is 0 Å². The van der Waals surface area contributed by atoms with Crippen molar-refractivity contribution in [2.24, 2.45) is 0 Å². The standard InChI is InChI=1S/C16H21ClN2O2/c17-13-6-4-12(5-7-13)10-18-16(20)11-19-8-9-21-15-3-1-2-14(15)19/h4-7,14-15H,1-3,8-11H2,(H,18,20)/t14-,15+/m1/s1. The van der Waals surface area contributed by atoms with Crippen LogP contribution in [-0.4, -0.2) is 42.6 Å². The summed E-state index contributed by atoms with van der Waals surface area (Å²) in [4.78, 5) is 14.4. The molecule has 0 spiro atoms. The Hall–Kier alpha value is -1.10. The number of rotatable bonds is 4. The minimum Gasteiger partial charge on any atom is -0.375 e. The highest BCUT2D eigenvalue weighted by atomic mass is 35.5. The van der Waals surface area contributed by atoms with Crippen LogP contribution in [0.2, 0.25) is 5.02 Å². The summed E-state index contributed by atoms with van der Waals surface area (Å²) < 4.78 is 5.77. The lowest BCUT2D eigenvalue weighted by Crippen LogP contribution is -2.51. The van der Waals surface area contributed by atoms with Gasteiger partial charge >= 0.3 is 0 Å². The monoisotopic (exact) mass is 308 g/mol. The van der Waals surface area contributed by atoms with E-state index in [0.717, 1.165) is 31.6 Å². The Morgan fingerprint density at radius 2 is 2.14 bits per heavy atom. The van der Waals surface area contributed by atoms with Gasteiger partial charge in [-0.05, 0) is 37.0 Å². The summed E-state index contributed by atoms with van der Waals surface area (Å²) in [6.07, 6.45) is 3.82. The van der Waals surface area contributed by atoms with Crippen LogP contribution in [0.15, 0.2) is 24.3 Å². The summed E-state index contributed by atoms with van der Waals surface area (Å²) in [5.41, 5.74) is 1.06. The molecule has 0 unspecified atom stereocenters. The maximum absolute atomic E-state index is 12.1. The first kappa shape index (κ1) is 14.8. The fraction of sp³-hybridized carbons (Fsp3) is 0.562. The van der Waals surface area contributed by atoms with Gasteiger partial charge in [0.25, 0.3) is 0 Å². The van der Waals surface area contributed by atoms with Crippen molar-refractivity contribution >= 4 is 17.5 Å². The highest BCUT2D eigenvalue weighted by Gasteiger charge is 2.36. The maximum atomic E-state index is 12.1. The number of nitrogens with zero attached hydrogens (tertiary/aromatic N) is 1. The molecule has 0 radical (unpaired) electrons. The molecule has 1 aliphatic heterocycles. The van der Waals surface area contributed by atoms with Gasteiger partial charge in [-0.15, -0.1) is 0 Å². The number of hydrogen-bond donors (Lipinski definition) is 1. The topological polar surface area (TPSA) is 41.6 Å². The maximum Gasteiger partial charge on any atom is 0.234 e. The Balaban J connectivity index is 1.48. The second-order valence-corrected chi connectivity index (χ2v) is 6.22. The lowest BCUT2D eigenvalue weighted by Gasteiger charge is -2.37. The highest BCUT2D eigenvalue weighted by Crippen LogP contribution is 2.29. The van der Waals surface area contributed by atoms with Crippen molar-refractivity contribution in [3.63, 3.8) is 0 Å². The van der Waals surface area contributed by atoms with Crippen molar-refractivity contribution < 1.29 is 9.53 Å². The average Bonchev–Trinajstić information content (AvgIpc) is 2.96. The molecule has 1 aromatic rings. The summed E-state index contributed by atoms with van der Waals surface area (Å²) in [6, 6.07) is 7.98. The molecule has 21 heavy (non-hydrogen) atoms. The Bertz CT molecular complexity index is 492. The Morgan fingerprint density at radius 3 is 2.95 bits per heavy atom. The van der Waals surface area contributed by atoms with Gasteiger partial charge in [0.05, 0.1) is 19.3 Å². The van der Waals surface area contributed by atoms with Crippen LogP contribution in [-0.2, 0) is 16.1 Å². The average molecular weight is 309 g/mol. The molecule has 1 N–H and O–H groups in total. The zero-order valence-electron chi connectivity index (χ0n) is 12.1. The van der Waals surface area contributed by atoms with Gasteiger partial charge in [0, 0.05) is 24.2 Å². The zero-order chi connectivity index (χ0) is 14.7. The Labute approximate surface area is 130 Å². The number of amides is 1. The molecule has 1 amide bonds.